The second-order valence-electron chi connectivity index (χ2n) is 5.74. The largest absolute Gasteiger partial charge is 0.388 e. The van der Waals surface area contributed by atoms with Crippen LogP contribution in [0.15, 0.2) is 24.5 Å². The van der Waals surface area contributed by atoms with Crippen LogP contribution in [0.25, 0.3) is 0 Å². The lowest BCUT2D eigenvalue weighted by molar-refractivity contribution is -0.697. The average Bonchev–Trinajstić information content (AvgIpc) is 2.80. The molecule has 4 atom stereocenters. The molecule has 0 bridgehead atoms. The van der Waals surface area contributed by atoms with Gasteiger partial charge in [0.15, 0.2) is 12.4 Å². The first-order chi connectivity index (χ1) is 11.7. The Labute approximate surface area is 154 Å². The van der Waals surface area contributed by atoms with Gasteiger partial charge in [-0.1, -0.05) is 0 Å². The Morgan fingerprint density at radius 3 is 2.68 bits per heavy atom. The van der Waals surface area contributed by atoms with Gasteiger partial charge in [0.05, 0.1) is 12.7 Å². The molecule has 2 heterocycles. The molecule has 1 aliphatic rings. The Hall–Kier alpha value is -0.730. The van der Waals surface area contributed by atoms with E-state index in [1.807, 2.05) is 0 Å². The molecule has 1 amide bonds. The van der Waals surface area contributed by atoms with Gasteiger partial charge in [-0.2, -0.15) is 0 Å². The number of nitrogens with zero attached hydrogens (tertiary/aromatic N) is 1. The van der Waals surface area contributed by atoms with Gasteiger partial charge in [-0.05, 0) is 35.0 Å². The van der Waals surface area contributed by atoms with Gasteiger partial charge in [0.25, 0.3) is 5.91 Å². The van der Waals surface area contributed by atoms with Crippen LogP contribution in [0.4, 0.5) is 0 Å². The molecular formula is C14H20Cl2N2O6P+. The fraction of sp³-hybridized carbons (Fsp3) is 0.571. The second-order valence-corrected chi connectivity index (χ2v) is 10.0. The number of primary amides is 1. The number of carbonyl (C=O) groups excluding carboxylic acids is 1. The number of amides is 1. The molecule has 0 aromatic carbocycles. The van der Waals surface area contributed by atoms with Gasteiger partial charge in [0, 0.05) is 12.5 Å². The molecule has 0 aliphatic carbocycles. The predicted octanol–water partition coefficient (Wildman–Crippen LogP) is 0.945. The van der Waals surface area contributed by atoms with Crippen LogP contribution in [0.1, 0.15) is 23.2 Å². The van der Waals surface area contributed by atoms with Gasteiger partial charge in [-0.3, -0.25) is 9.36 Å². The Bertz CT molecular complexity index is 658. The number of aliphatic hydroxyl groups is 2. The molecule has 0 spiro atoms. The van der Waals surface area contributed by atoms with E-state index in [1.54, 1.807) is 29.1 Å². The topological polar surface area (TPSA) is 123 Å². The van der Waals surface area contributed by atoms with E-state index in [9.17, 15) is 19.6 Å². The molecule has 1 aliphatic heterocycles. The molecule has 1 unspecified atom stereocenters. The summed E-state index contributed by atoms with van der Waals surface area (Å²) in [6, 6.07) is 3.34. The third-order valence-electron chi connectivity index (χ3n) is 3.90. The van der Waals surface area contributed by atoms with E-state index < -0.39 is 36.4 Å². The number of aryl methyl sites for hydroxylation is 1. The molecule has 1 aromatic rings. The minimum Gasteiger partial charge on any atom is -0.388 e. The molecule has 2 rings (SSSR count). The summed E-state index contributed by atoms with van der Waals surface area (Å²) < 4.78 is 23.2. The Balaban J connectivity index is 1.83. The van der Waals surface area contributed by atoms with Crippen LogP contribution in [0.3, 0.4) is 0 Å². The maximum absolute atomic E-state index is 11.2. The highest BCUT2D eigenvalue weighted by atomic mass is 35.9. The summed E-state index contributed by atoms with van der Waals surface area (Å²) in [6.07, 6.45) is -2.96. The van der Waals surface area contributed by atoms with E-state index in [0.717, 1.165) is 0 Å². The van der Waals surface area contributed by atoms with Crippen molar-refractivity contribution in [3.05, 3.63) is 30.1 Å². The van der Waals surface area contributed by atoms with Gasteiger partial charge < -0.3 is 25.2 Å². The fourth-order valence-electron chi connectivity index (χ4n) is 2.64. The number of aliphatic hydroxyl groups excluding tert-OH is 2. The molecule has 0 saturated carbocycles. The SMILES string of the molecule is NC(=O)c1ccc[n+](CCCC2O[C@H](COP(=O)(Cl)Cl)[C@@H](O)[C@H]2O)c1. The molecule has 1 saturated heterocycles. The highest BCUT2D eigenvalue weighted by Gasteiger charge is 2.43. The summed E-state index contributed by atoms with van der Waals surface area (Å²) in [5.74, 6) is -0.509. The molecule has 1 fully saturated rings. The first-order valence-corrected chi connectivity index (χ1v) is 11.1. The lowest BCUT2D eigenvalue weighted by atomic mass is 10.0. The molecule has 8 nitrogen and oxygen atoms in total. The minimum atomic E-state index is -3.73. The number of ether oxygens (including phenoxy) is 1. The lowest BCUT2D eigenvalue weighted by Gasteiger charge is -2.14. The van der Waals surface area contributed by atoms with E-state index in [1.165, 1.54) is 0 Å². The zero-order valence-electron chi connectivity index (χ0n) is 13.2. The summed E-state index contributed by atoms with van der Waals surface area (Å²) in [7, 11) is 0. The molecule has 140 valence electrons. The van der Waals surface area contributed by atoms with Crippen LogP contribution < -0.4 is 10.3 Å². The van der Waals surface area contributed by atoms with Crippen molar-refractivity contribution in [2.24, 2.45) is 5.73 Å². The predicted molar refractivity (Wildman–Crippen MR) is 90.3 cm³/mol. The number of hydrogen-bond donors (Lipinski definition) is 3. The van der Waals surface area contributed by atoms with Crippen molar-refractivity contribution in [2.75, 3.05) is 6.61 Å². The number of pyridine rings is 1. The Kier molecular flexibility index (Phi) is 7.22. The molecule has 4 N–H and O–H groups in total. The Morgan fingerprint density at radius 2 is 2.04 bits per heavy atom. The maximum atomic E-state index is 11.2. The number of carbonyl (C=O) groups is 1. The molecular weight excluding hydrogens is 394 g/mol. The summed E-state index contributed by atoms with van der Waals surface area (Å²) >= 11 is 10.6. The van der Waals surface area contributed by atoms with Crippen LogP contribution >= 0.6 is 28.6 Å². The summed E-state index contributed by atoms with van der Waals surface area (Å²) in [5.41, 5.74) is 5.64. The van der Waals surface area contributed by atoms with E-state index in [-0.39, 0.29) is 6.61 Å². The van der Waals surface area contributed by atoms with Crippen LogP contribution in [-0.4, -0.2) is 47.1 Å². The summed E-state index contributed by atoms with van der Waals surface area (Å²) in [4.78, 5) is 11.2. The third-order valence-corrected chi connectivity index (χ3v) is 4.93. The van der Waals surface area contributed by atoms with Crippen molar-refractivity contribution in [1.82, 2.24) is 0 Å². The van der Waals surface area contributed by atoms with Crippen LogP contribution in [0.5, 0.6) is 0 Å². The number of hydrogen-bond acceptors (Lipinski definition) is 6. The van der Waals surface area contributed by atoms with Crippen molar-refractivity contribution in [3.8, 4) is 0 Å². The second kappa shape index (κ2) is 8.77. The first-order valence-electron chi connectivity index (χ1n) is 7.62. The van der Waals surface area contributed by atoms with Gasteiger partial charge in [0.1, 0.15) is 30.4 Å². The zero-order valence-corrected chi connectivity index (χ0v) is 15.6. The summed E-state index contributed by atoms with van der Waals surface area (Å²) in [6.45, 7) is 0.290. The van der Waals surface area contributed by atoms with Crippen molar-refractivity contribution in [2.45, 2.75) is 43.8 Å². The van der Waals surface area contributed by atoms with Crippen molar-refractivity contribution in [1.29, 1.82) is 0 Å². The highest BCUT2D eigenvalue weighted by molar-refractivity contribution is 8.05. The van der Waals surface area contributed by atoms with E-state index in [2.05, 4.69) is 0 Å². The van der Waals surface area contributed by atoms with Crippen LogP contribution in [0, 0.1) is 0 Å². The monoisotopic (exact) mass is 413 g/mol. The van der Waals surface area contributed by atoms with E-state index >= 15 is 0 Å². The standard InChI is InChI=1S/C14H19Cl2N2O6P/c15-25(16,22)23-8-11-13(20)12(19)10(24-11)4-2-6-18-5-1-3-9(7-18)14(17)21/h1,3,5,7,10-13,19-20H,2,4,6,8H2,(H-,17,21)/p+1/t10?,11-,12+,13-/m1/s1. The number of halogens is 2. The molecule has 11 heteroatoms. The quantitative estimate of drug-likeness (QED) is 0.430. The van der Waals surface area contributed by atoms with Crippen molar-refractivity contribution in [3.63, 3.8) is 0 Å². The smallest absolute Gasteiger partial charge is 0.380 e. The highest BCUT2D eigenvalue weighted by Crippen LogP contribution is 2.57. The maximum Gasteiger partial charge on any atom is 0.380 e. The fourth-order valence-corrected chi connectivity index (χ4v) is 3.30. The molecule has 25 heavy (non-hydrogen) atoms. The lowest BCUT2D eigenvalue weighted by Crippen LogP contribution is -2.36. The van der Waals surface area contributed by atoms with Crippen molar-refractivity contribution >= 4 is 34.5 Å². The minimum absolute atomic E-state index is 0.283. The number of aromatic nitrogens is 1. The Morgan fingerprint density at radius 1 is 1.36 bits per heavy atom. The van der Waals surface area contributed by atoms with Gasteiger partial charge in [-0.25, -0.2) is 4.57 Å². The average molecular weight is 414 g/mol. The van der Waals surface area contributed by atoms with Gasteiger partial charge >= 0.3 is 6.07 Å². The summed E-state index contributed by atoms with van der Waals surface area (Å²) in [5, 5.41) is 20.0. The third kappa shape index (κ3) is 6.18. The normalized spacial score (nSPS) is 26.7. The number of rotatable bonds is 8. The van der Waals surface area contributed by atoms with Gasteiger partial charge in [-0.15, -0.1) is 0 Å². The first kappa shape index (κ1) is 20.6. The van der Waals surface area contributed by atoms with E-state index in [4.69, 9.17) is 37.5 Å². The van der Waals surface area contributed by atoms with Crippen molar-refractivity contribution < 1.29 is 33.4 Å². The molecule has 0 radical (unpaired) electrons. The van der Waals surface area contributed by atoms with Crippen LogP contribution in [-0.2, 0) is 20.4 Å². The zero-order chi connectivity index (χ0) is 18.6. The van der Waals surface area contributed by atoms with Crippen LogP contribution in [0.2, 0.25) is 0 Å². The number of nitrogens with two attached hydrogens (primary N) is 1. The molecule has 1 aromatic heterocycles. The van der Waals surface area contributed by atoms with E-state index in [0.29, 0.717) is 24.9 Å². The van der Waals surface area contributed by atoms with Gasteiger partial charge in [0.2, 0.25) is 0 Å².